The standard InChI is InChI=1S/C12H17FO/c1-9(2)4-3-5-10-8-11(13)6-7-12(10)14/h6-9,14H,3-5H2,1-2H3. The Labute approximate surface area is 84.6 Å². The molecule has 1 aromatic carbocycles. The molecule has 2 heteroatoms. The molecule has 0 saturated heterocycles. The summed E-state index contributed by atoms with van der Waals surface area (Å²) in [6.07, 6.45) is 2.85. The molecule has 14 heavy (non-hydrogen) atoms. The van der Waals surface area contributed by atoms with Gasteiger partial charge < -0.3 is 5.11 Å². The highest BCUT2D eigenvalue weighted by Crippen LogP contribution is 2.20. The number of hydrogen-bond acceptors (Lipinski definition) is 1. The van der Waals surface area contributed by atoms with Gasteiger partial charge in [-0.15, -0.1) is 0 Å². The molecule has 0 aliphatic carbocycles. The van der Waals surface area contributed by atoms with Crippen molar-refractivity contribution >= 4 is 0 Å². The predicted molar refractivity (Wildman–Crippen MR) is 55.8 cm³/mol. The van der Waals surface area contributed by atoms with Gasteiger partial charge in [-0.1, -0.05) is 20.3 Å². The highest BCUT2D eigenvalue weighted by atomic mass is 19.1. The summed E-state index contributed by atoms with van der Waals surface area (Å²) in [5.74, 6) is 0.586. The molecule has 1 nitrogen and oxygen atoms in total. The molecule has 0 aliphatic heterocycles. The monoisotopic (exact) mass is 196 g/mol. The first-order chi connectivity index (χ1) is 6.59. The first kappa shape index (κ1) is 11.0. The number of rotatable bonds is 4. The zero-order chi connectivity index (χ0) is 10.6. The molecule has 0 amide bonds. The zero-order valence-electron chi connectivity index (χ0n) is 8.76. The van der Waals surface area contributed by atoms with E-state index in [-0.39, 0.29) is 11.6 Å². The van der Waals surface area contributed by atoms with Crippen LogP contribution in [0.15, 0.2) is 18.2 Å². The van der Waals surface area contributed by atoms with Crippen LogP contribution in [0.5, 0.6) is 5.75 Å². The van der Waals surface area contributed by atoms with E-state index in [1.54, 1.807) is 0 Å². The van der Waals surface area contributed by atoms with E-state index in [0.29, 0.717) is 11.5 Å². The molecule has 0 aliphatic rings. The quantitative estimate of drug-likeness (QED) is 0.781. The minimum absolute atomic E-state index is 0.204. The maximum atomic E-state index is 12.8. The lowest BCUT2D eigenvalue weighted by Crippen LogP contribution is -1.92. The molecule has 0 unspecified atom stereocenters. The van der Waals surface area contributed by atoms with Crippen molar-refractivity contribution in [2.24, 2.45) is 5.92 Å². The van der Waals surface area contributed by atoms with E-state index in [0.717, 1.165) is 19.3 Å². The lowest BCUT2D eigenvalue weighted by molar-refractivity contribution is 0.461. The maximum Gasteiger partial charge on any atom is 0.123 e. The van der Waals surface area contributed by atoms with Crippen LogP contribution in [0, 0.1) is 11.7 Å². The molecule has 0 radical (unpaired) electrons. The van der Waals surface area contributed by atoms with Gasteiger partial charge in [0.15, 0.2) is 0 Å². The summed E-state index contributed by atoms with van der Waals surface area (Å²) in [5, 5.41) is 9.43. The summed E-state index contributed by atoms with van der Waals surface area (Å²) >= 11 is 0. The number of aryl methyl sites for hydroxylation is 1. The van der Waals surface area contributed by atoms with Crippen LogP contribution in [0.1, 0.15) is 32.3 Å². The van der Waals surface area contributed by atoms with Gasteiger partial charge in [-0.25, -0.2) is 4.39 Å². The molecular weight excluding hydrogens is 179 g/mol. The Balaban J connectivity index is 2.53. The van der Waals surface area contributed by atoms with Crippen molar-refractivity contribution in [3.05, 3.63) is 29.6 Å². The summed E-state index contributed by atoms with van der Waals surface area (Å²) in [4.78, 5) is 0. The minimum Gasteiger partial charge on any atom is -0.508 e. The van der Waals surface area contributed by atoms with Gasteiger partial charge in [-0.3, -0.25) is 0 Å². The maximum absolute atomic E-state index is 12.8. The molecular formula is C12H17FO. The van der Waals surface area contributed by atoms with E-state index in [4.69, 9.17) is 0 Å². The van der Waals surface area contributed by atoms with Crippen LogP contribution in [-0.2, 0) is 6.42 Å². The van der Waals surface area contributed by atoms with Gasteiger partial charge in [-0.2, -0.15) is 0 Å². The van der Waals surface area contributed by atoms with Gasteiger partial charge in [0.25, 0.3) is 0 Å². The van der Waals surface area contributed by atoms with E-state index in [1.165, 1.54) is 18.2 Å². The lowest BCUT2D eigenvalue weighted by Gasteiger charge is -2.06. The predicted octanol–water partition coefficient (Wildman–Crippen LogP) is 3.51. The number of halogens is 1. The van der Waals surface area contributed by atoms with Crippen LogP contribution in [0.25, 0.3) is 0 Å². The van der Waals surface area contributed by atoms with Crippen molar-refractivity contribution in [2.45, 2.75) is 33.1 Å². The molecule has 1 rings (SSSR count). The van der Waals surface area contributed by atoms with Crippen molar-refractivity contribution in [2.75, 3.05) is 0 Å². The third-order valence-corrected chi connectivity index (χ3v) is 2.27. The summed E-state index contributed by atoms with van der Waals surface area (Å²) in [6, 6.07) is 4.11. The van der Waals surface area contributed by atoms with E-state index in [2.05, 4.69) is 13.8 Å². The van der Waals surface area contributed by atoms with Gasteiger partial charge in [0.2, 0.25) is 0 Å². The molecule has 0 atom stereocenters. The van der Waals surface area contributed by atoms with E-state index in [9.17, 15) is 9.50 Å². The number of hydrogen-bond donors (Lipinski definition) is 1. The van der Waals surface area contributed by atoms with Crippen LogP contribution < -0.4 is 0 Å². The van der Waals surface area contributed by atoms with Gasteiger partial charge in [-0.05, 0) is 42.5 Å². The fourth-order valence-electron chi connectivity index (χ4n) is 1.46. The highest BCUT2D eigenvalue weighted by molar-refractivity contribution is 5.32. The number of phenols is 1. The van der Waals surface area contributed by atoms with E-state index >= 15 is 0 Å². The topological polar surface area (TPSA) is 20.2 Å². The first-order valence-electron chi connectivity index (χ1n) is 5.07. The molecule has 0 heterocycles. The first-order valence-corrected chi connectivity index (χ1v) is 5.07. The zero-order valence-corrected chi connectivity index (χ0v) is 8.76. The fourth-order valence-corrected chi connectivity index (χ4v) is 1.46. The van der Waals surface area contributed by atoms with Crippen LogP contribution in [-0.4, -0.2) is 5.11 Å². The van der Waals surface area contributed by atoms with Crippen molar-refractivity contribution in [3.63, 3.8) is 0 Å². The van der Waals surface area contributed by atoms with Crippen LogP contribution in [0.3, 0.4) is 0 Å². The van der Waals surface area contributed by atoms with Gasteiger partial charge in [0, 0.05) is 0 Å². The van der Waals surface area contributed by atoms with E-state index in [1.807, 2.05) is 0 Å². The Hall–Kier alpha value is -1.05. The molecule has 0 aromatic heterocycles. The third-order valence-electron chi connectivity index (χ3n) is 2.27. The average Bonchev–Trinajstić information content (AvgIpc) is 2.10. The molecule has 1 N–H and O–H groups in total. The van der Waals surface area contributed by atoms with Crippen LogP contribution >= 0.6 is 0 Å². The fraction of sp³-hybridized carbons (Fsp3) is 0.500. The van der Waals surface area contributed by atoms with Crippen molar-refractivity contribution in [3.8, 4) is 5.75 Å². The molecule has 0 fully saturated rings. The highest BCUT2D eigenvalue weighted by Gasteiger charge is 2.03. The van der Waals surface area contributed by atoms with E-state index < -0.39 is 0 Å². The minimum atomic E-state index is -0.276. The third kappa shape index (κ3) is 3.36. The summed E-state index contributed by atoms with van der Waals surface area (Å²) in [5.41, 5.74) is 0.714. The molecule has 1 aromatic rings. The van der Waals surface area contributed by atoms with Gasteiger partial charge >= 0.3 is 0 Å². The number of benzene rings is 1. The summed E-state index contributed by atoms with van der Waals surface area (Å²) < 4.78 is 12.8. The van der Waals surface area contributed by atoms with Crippen molar-refractivity contribution in [1.82, 2.24) is 0 Å². The second-order valence-electron chi connectivity index (χ2n) is 4.06. The van der Waals surface area contributed by atoms with Crippen LogP contribution in [0.4, 0.5) is 4.39 Å². The van der Waals surface area contributed by atoms with Crippen molar-refractivity contribution < 1.29 is 9.50 Å². The number of aromatic hydroxyl groups is 1. The SMILES string of the molecule is CC(C)CCCc1cc(F)ccc1O. The average molecular weight is 196 g/mol. The Morgan fingerprint density at radius 1 is 1.36 bits per heavy atom. The Bertz CT molecular complexity index is 294. The second kappa shape index (κ2) is 4.99. The summed E-state index contributed by atoms with van der Waals surface area (Å²) in [6.45, 7) is 4.32. The van der Waals surface area contributed by atoms with Gasteiger partial charge in [0.1, 0.15) is 11.6 Å². The molecule has 0 saturated carbocycles. The number of phenolic OH excluding ortho intramolecular Hbond substituents is 1. The molecule has 78 valence electrons. The lowest BCUT2D eigenvalue weighted by atomic mass is 10.0. The Morgan fingerprint density at radius 3 is 2.71 bits per heavy atom. The second-order valence-corrected chi connectivity index (χ2v) is 4.06. The normalized spacial score (nSPS) is 10.9. The Kier molecular flexibility index (Phi) is 3.93. The smallest absolute Gasteiger partial charge is 0.123 e. The van der Waals surface area contributed by atoms with Gasteiger partial charge in [0.05, 0.1) is 0 Å². The molecule has 0 bridgehead atoms. The summed E-state index contributed by atoms with van der Waals surface area (Å²) in [7, 11) is 0. The molecule has 0 spiro atoms. The van der Waals surface area contributed by atoms with Crippen molar-refractivity contribution in [1.29, 1.82) is 0 Å². The van der Waals surface area contributed by atoms with Crippen LogP contribution in [0.2, 0.25) is 0 Å². The Morgan fingerprint density at radius 2 is 2.07 bits per heavy atom. The largest absolute Gasteiger partial charge is 0.508 e.